The van der Waals surface area contributed by atoms with Crippen molar-refractivity contribution in [2.24, 2.45) is 0 Å². The fourth-order valence-corrected chi connectivity index (χ4v) is 1.15. The minimum absolute atomic E-state index is 0.0336. The van der Waals surface area contributed by atoms with Crippen molar-refractivity contribution in [2.45, 2.75) is 32.1 Å². The van der Waals surface area contributed by atoms with E-state index < -0.39 is 12.6 Å². The van der Waals surface area contributed by atoms with Crippen LogP contribution in [-0.4, -0.2) is 28.2 Å². The maximum atomic E-state index is 11.8. The van der Waals surface area contributed by atoms with Gasteiger partial charge >= 0.3 is 6.18 Å². The van der Waals surface area contributed by atoms with Crippen LogP contribution in [0.1, 0.15) is 18.5 Å². The summed E-state index contributed by atoms with van der Waals surface area (Å²) in [4.78, 5) is 0. The third-order valence-electron chi connectivity index (χ3n) is 1.79. The van der Waals surface area contributed by atoms with Crippen molar-refractivity contribution in [2.75, 3.05) is 7.05 Å². The Balaban J connectivity index is 2.31. The number of nitrogens with zero attached hydrogens (tertiary/aromatic N) is 3. The molecule has 0 unspecified atom stereocenters. The third-order valence-corrected chi connectivity index (χ3v) is 1.79. The molecule has 4 nitrogen and oxygen atoms in total. The van der Waals surface area contributed by atoms with Gasteiger partial charge in [0.05, 0.1) is 5.69 Å². The number of hydrogen-bond acceptors (Lipinski definition) is 3. The van der Waals surface area contributed by atoms with E-state index in [1.807, 2.05) is 0 Å². The molecule has 0 amide bonds. The van der Waals surface area contributed by atoms with Gasteiger partial charge in [-0.05, 0) is 13.5 Å². The maximum Gasteiger partial charge on any atom is 0.389 e. The molecule has 1 aromatic rings. The summed E-state index contributed by atoms with van der Waals surface area (Å²) in [5.41, 5.74) is 0.726. The molecule has 15 heavy (non-hydrogen) atoms. The second kappa shape index (κ2) is 5.11. The van der Waals surface area contributed by atoms with E-state index in [9.17, 15) is 13.2 Å². The lowest BCUT2D eigenvalue weighted by molar-refractivity contribution is -0.136. The molecule has 0 aliphatic heterocycles. The first-order chi connectivity index (χ1) is 7.01. The lowest BCUT2D eigenvalue weighted by Gasteiger charge is -2.04. The SMILES string of the molecule is CNCc1cn(CCCC(F)(F)F)nn1. The molecule has 0 saturated carbocycles. The average Bonchev–Trinajstić information content (AvgIpc) is 2.51. The molecular weight excluding hydrogens is 209 g/mol. The van der Waals surface area contributed by atoms with Crippen LogP contribution in [-0.2, 0) is 13.1 Å². The summed E-state index contributed by atoms with van der Waals surface area (Å²) >= 11 is 0. The van der Waals surface area contributed by atoms with Crippen LogP contribution in [0.25, 0.3) is 0 Å². The van der Waals surface area contributed by atoms with Crippen LogP contribution in [0.4, 0.5) is 13.2 Å². The highest BCUT2D eigenvalue weighted by Crippen LogP contribution is 2.21. The standard InChI is InChI=1S/C8H13F3N4/c1-12-5-7-6-15(14-13-7)4-2-3-8(9,10)11/h6,12H,2-5H2,1H3. The highest BCUT2D eigenvalue weighted by Gasteiger charge is 2.26. The summed E-state index contributed by atoms with van der Waals surface area (Å²) in [7, 11) is 1.77. The number of rotatable bonds is 5. The summed E-state index contributed by atoms with van der Waals surface area (Å²) in [5, 5.41) is 10.4. The van der Waals surface area contributed by atoms with Crippen LogP contribution in [0.3, 0.4) is 0 Å². The van der Waals surface area contributed by atoms with E-state index in [4.69, 9.17) is 0 Å². The Morgan fingerprint density at radius 2 is 2.20 bits per heavy atom. The van der Waals surface area contributed by atoms with Crippen molar-refractivity contribution >= 4 is 0 Å². The van der Waals surface area contributed by atoms with Gasteiger partial charge < -0.3 is 5.32 Å². The number of halogens is 3. The van der Waals surface area contributed by atoms with Crippen LogP contribution < -0.4 is 5.32 Å². The molecule has 7 heteroatoms. The molecule has 0 fully saturated rings. The Morgan fingerprint density at radius 3 is 2.80 bits per heavy atom. The monoisotopic (exact) mass is 222 g/mol. The van der Waals surface area contributed by atoms with E-state index in [0.29, 0.717) is 6.54 Å². The molecule has 0 aliphatic carbocycles. The predicted octanol–water partition coefficient (Wildman–Crippen LogP) is 1.34. The Morgan fingerprint density at radius 1 is 1.47 bits per heavy atom. The van der Waals surface area contributed by atoms with Gasteiger partial charge in [-0.2, -0.15) is 13.2 Å². The lowest BCUT2D eigenvalue weighted by Crippen LogP contribution is -2.09. The summed E-state index contributed by atoms with van der Waals surface area (Å²) in [6.07, 6.45) is -3.19. The largest absolute Gasteiger partial charge is 0.389 e. The molecule has 1 rings (SSSR count). The zero-order valence-electron chi connectivity index (χ0n) is 8.38. The van der Waals surface area contributed by atoms with Crippen molar-refractivity contribution in [3.05, 3.63) is 11.9 Å². The third kappa shape index (κ3) is 4.78. The Hall–Kier alpha value is -1.11. The van der Waals surface area contributed by atoms with Gasteiger partial charge in [0.25, 0.3) is 0 Å². The van der Waals surface area contributed by atoms with E-state index in [2.05, 4.69) is 15.6 Å². The van der Waals surface area contributed by atoms with Crippen molar-refractivity contribution in [3.8, 4) is 0 Å². The van der Waals surface area contributed by atoms with Gasteiger partial charge in [-0.25, -0.2) is 0 Å². The van der Waals surface area contributed by atoms with Crippen LogP contribution in [0.2, 0.25) is 0 Å². The van der Waals surface area contributed by atoms with Gasteiger partial charge in [0, 0.05) is 25.7 Å². The molecule has 1 aromatic heterocycles. The minimum Gasteiger partial charge on any atom is -0.314 e. The molecule has 0 radical (unpaired) electrons. The molecule has 0 aromatic carbocycles. The Kier molecular flexibility index (Phi) is 4.07. The normalized spacial score (nSPS) is 12.0. The summed E-state index contributed by atoms with van der Waals surface area (Å²) in [6, 6.07) is 0. The lowest BCUT2D eigenvalue weighted by atomic mass is 10.3. The number of hydrogen-bond donors (Lipinski definition) is 1. The fraction of sp³-hybridized carbons (Fsp3) is 0.750. The van der Waals surface area contributed by atoms with Crippen molar-refractivity contribution in [3.63, 3.8) is 0 Å². The van der Waals surface area contributed by atoms with E-state index in [1.54, 1.807) is 13.2 Å². The number of nitrogens with one attached hydrogen (secondary N) is 1. The number of aryl methyl sites for hydroxylation is 1. The smallest absolute Gasteiger partial charge is 0.314 e. The molecule has 0 bridgehead atoms. The first-order valence-corrected chi connectivity index (χ1v) is 4.61. The van der Waals surface area contributed by atoms with E-state index >= 15 is 0 Å². The van der Waals surface area contributed by atoms with Gasteiger partial charge in [-0.15, -0.1) is 5.10 Å². The van der Waals surface area contributed by atoms with Gasteiger partial charge in [0.15, 0.2) is 0 Å². The van der Waals surface area contributed by atoms with Crippen molar-refractivity contribution in [1.29, 1.82) is 0 Å². The van der Waals surface area contributed by atoms with Gasteiger partial charge in [0.1, 0.15) is 0 Å². The number of alkyl halides is 3. The van der Waals surface area contributed by atoms with Crippen LogP contribution in [0.5, 0.6) is 0 Å². The second-order valence-corrected chi connectivity index (χ2v) is 3.22. The van der Waals surface area contributed by atoms with Crippen LogP contribution in [0, 0.1) is 0 Å². The van der Waals surface area contributed by atoms with Gasteiger partial charge in [0.2, 0.25) is 0 Å². The molecule has 1 N–H and O–H groups in total. The molecular formula is C8H13F3N4. The molecule has 0 aliphatic rings. The van der Waals surface area contributed by atoms with Crippen LogP contribution >= 0.6 is 0 Å². The van der Waals surface area contributed by atoms with E-state index in [0.717, 1.165) is 5.69 Å². The zero-order valence-corrected chi connectivity index (χ0v) is 8.38. The predicted molar refractivity (Wildman–Crippen MR) is 48.1 cm³/mol. The Bertz CT molecular complexity index is 294. The second-order valence-electron chi connectivity index (χ2n) is 3.22. The van der Waals surface area contributed by atoms with Gasteiger partial charge in [-0.3, -0.25) is 4.68 Å². The first-order valence-electron chi connectivity index (χ1n) is 4.61. The molecule has 1 heterocycles. The molecule has 0 saturated heterocycles. The topological polar surface area (TPSA) is 42.7 Å². The van der Waals surface area contributed by atoms with E-state index in [1.165, 1.54) is 4.68 Å². The van der Waals surface area contributed by atoms with Crippen molar-refractivity contribution in [1.82, 2.24) is 20.3 Å². The quantitative estimate of drug-likeness (QED) is 0.817. The summed E-state index contributed by atoms with van der Waals surface area (Å²) in [6.45, 7) is 0.815. The Labute approximate surface area is 85.5 Å². The van der Waals surface area contributed by atoms with E-state index in [-0.39, 0.29) is 13.0 Å². The maximum absolute atomic E-state index is 11.8. The number of aromatic nitrogens is 3. The minimum atomic E-state index is -4.09. The van der Waals surface area contributed by atoms with Crippen molar-refractivity contribution < 1.29 is 13.2 Å². The molecule has 86 valence electrons. The zero-order chi connectivity index (χ0) is 11.3. The van der Waals surface area contributed by atoms with Crippen LogP contribution in [0.15, 0.2) is 6.20 Å². The molecule has 0 atom stereocenters. The van der Waals surface area contributed by atoms with Gasteiger partial charge in [-0.1, -0.05) is 5.21 Å². The fourth-order valence-electron chi connectivity index (χ4n) is 1.15. The summed E-state index contributed by atoms with van der Waals surface area (Å²) < 4.78 is 36.9. The molecule has 0 spiro atoms. The average molecular weight is 222 g/mol. The highest BCUT2D eigenvalue weighted by atomic mass is 19.4. The summed E-state index contributed by atoms with van der Waals surface area (Å²) in [5.74, 6) is 0. The first kappa shape index (κ1) is 12.0. The highest BCUT2D eigenvalue weighted by molar-refractivity contribution is 4.90.